The number of piperidine rings is 1. The minimum Gasteiger partial charge on any atom is -0.356 e. The molecular formula is C25H28N4O2S. The van der Waals surface area contributed by atoms with E-state index in [2.05, 4.69) is 21.4 Å². The van der Waals surface area contributed by atoms with E-state index in [0.29, 0.717) is 26.1 Å². The van der Waals surface area contributed by atoms with E-state index in [-0.39, 0.29) is 11.8 Å². The molecule has 3 aromatic rings. The second-order valence-electron chi connectivity index (χ2n) is 8.34. The van der Waals surface area contributed by atoms with Gasteiger partial charge in [0.1, 0.15) is 6.33 Å². The number of carbonyl (C=O) groups is 2. The molecule has 0 aliphatic carbocycles. The van der Waals surface area contributed by atoms with E-state index >= 15 is 0 Å². The van der Waals surface area contributed by atoms with Crippen molar-refractivity contribution >= 4 is 23.2 Å². The SMILES string of the molecule is CCNC(=O)[C@@]1(Cc2ccccc2-c2cncnc2)CCCN(C(=O)c2ccc(C)s2)C1. The molecule has 32 heavy (non-hydrogen) atoms. The van der Waals surface area contributed by atoms with E-state index in [1.54, 1.807) is 12.4 Å². The zero-order valence-electron chi connectivity index (χ0n) is 18.5. The molecule has 0 saturated carbocycles. The van der Waals surface area contributed by atoms with Crippen LogP contribution in [0.15, 0.2) is 55.1 Å². The first-order chi connectivity index (χ1) is 15.5. The number of aromatic nitrogens is 2. The minimum absolute atomic E-state index is 0.0129. The number of thiophene rings is 1. The maximum atomic E-state index is 13.4. The Hall–Kier alpha value is -3.06. The van der Waals surface area contributed by atoms with Crippen molar-refractivity contribution in [2.45, 2.75) is 33.1 Å². The largest absolute Gasteiger partial charge is 0.356 e. The van der Waals surface area contributed by atoms with Gasteiger partial charge in [-0.25, -0.2) is 9.97 Å². The lowest BCUT2D eigenvalue weighted by atomic mass is 9.73. The summed E-state index contributed by atoms with van der Waals surface area (Å²) in [4.78, 5) is 38.6. The predicted octanol–water partition coefficient (Wildman–Crippen LogP) is 4.11. The zero-order chi connectivity index (χ0) is 22.6. The van der Waals surface area contributed by atoms with Crippen molar-refractivity contribution in [1.29, 1.82) is 0 Å². The highest BCUT2D eigenvalue weighted by molar-refractivity contribution is 7.13. The molecule has 0 bridgehead atoms. The molecule has 0 spiro atoms. The van der Waals surface area contributed by atoms with Crippen LogP contribution in [0.3, 0.4) is 0 Å². The molecule has 3 heterocycles. The van der Waals surface area contributed by atoms with Crippen LogP contribution in [0.2, 0.25) is 0 Å². The van der Waals surface area contributed by atoms with E-state index < -0.39 is 5.41 Å². The summed E-state index contributed by atoms with van der Waals surface area (Å²) in [5, 5.41) is 3.04. The summed E-state index contributed by atoms with van der Waals surface area (Å²) in [5.41, 5.74) is 2.33. The lowest BCUT2D eigenvalue weighted by Crippen LogP contribution is -2.54. The number of aryl methyl sites for hydroxylation is 1. The third kappa shape index (κ3) is 4.58. The quantitative estimate of drug-likeness (QED) is 0.616. The molecule has 0 radical (unpaired) electrons. The highest BCUT2D eigenvalue weighted by Crippen LogP contribution is 2.37. The van der Waals surface area contributed by atoms with Gasteiger partial charge in [0, 0.05) is 42.5 Å². The molecule has 6 nitrogen and oxygen atoms in total. The highest BCUT2D eigenvalue weighted by atomic mass is 32.1. The van der Waals surface area contributed by atoms with Crippen LogP contribution < -0.4 is 5.32 Å². The number of likely N-dealkylation sites (tertiary alicyclic amines) is 1. The Morgan fingerprint density at radius 3 is 2.66 bits per heavy atom. The minimum atomic E-state index is -0.679. The fourth-order valence-corrected chi connectivity index (χ4v) is 5.36. The number of carbonyl (C=O) groups excluding carboxylic acids is 2. The Morgan fingerprint density at radius 1 is 1.16 bits per heavy atom. The Morgan fingerprint density at radius 2 is 1.94 bits per heavy atom. The molecule has 1 N–H and O–H groups in total. The molecule has 2 aromatic heterocycles. The van der Waals surface area contributed by atoms with Gasteiger partial charge in [0.15, 0.2) is 0 Å². The number of hydrogen-bond donors (Lipinski definition) is 1. The summed E-state index contributed by atoms with van der Waals surface area (Å²) in [5.74, 6) is 0.0280. The summed E-state index contributed by atoms with van der Waals surface area (Å²) >= 11 is 1.51. The smallest absolute Gasteiger partial charge is 0.263 e. The van der Waals surface area contributed by atoms with Gasteiger partial charge in [0.25, 0.3) is 5.91 Å². The van der Waals surface area contributed by atoms with Gasteiger partial charge < -0.3 is 10.2 Å². The number of benzene rings is 1. The first kappa shape index (κ1) is 22.1. The molecule has 1 fully saturated rings. The number of amides is 2. The standard InChI is InChI=1S/C25H28N4O2S/c1-3-28-24(31)25(11-6-12-29(16-25)23(30)22-10-9-18(2)32-22)13-19-7-4-5-8-21(19)20-14-26-17-27-15-20/h4-5,7-10,14-15,17H,3,6,11-13,16H2,1-2H3,(H,28,31)/t25-/m1/s1. The molecule has 1 aromatic carbocycles. The number of nitrogens with one attached hydrogen (secondary N) is 1. The van der Waals surface area contributed by atoms with Crippen molar-refractivity contribution in [2.75, 3.05) is 19.6 Å². The summed E-state index contributed by atoms with van der Waals surface area (Å²) in [6, 6.07) is 11.9. The van der Waals surface area contributed by atoms with E-state index in [0.717, 1.165) is 39.3 Å². The summed E-state index contributed by atoms with van der Waals surface area (Å²) < 4.78 is 0. The van der Waals surface area contributed by atoms with E-state index in [1.165, 1.54) is 17.7 Å². The number of rotatable bonds is 6. The van der Waals surface area contributed by atoms with Crippen LogP contribution in [0.4, 0.5) is 0 Å². The molecule has 1 aliphatic rings. The second-order valence-corrected chi connectivity index (χ2v) is 9.63. The summed E-state index contributed by atoms with van der Waals surface area (Å²) in [6.07, 6.45) is 7.19. The lowest BCUT2D eigenvalue weighted by Gasteiger charge is -2.42. The molecule has 1 aliphatic heterocycles. The second kappa shape index (κ2) is 9.61. The first-order valence-electron chi connectivity index (χ1n) is 11.0. The molecule has 2 amide bonds. The Kier molecular flexibility index (Phi) is 6.65. The van der Waals surface area contributed by atoms with Crippen molar-refractivity contribution in [3.63, 3.8) is 0 Å². The third-order valence-corrected chi connectivity index (χ3v) is 7.04. The normalized spacial score (nSPS) is 18.4. The average Bonchev–Trinajstić information content (AvgIpc) is 3.26. The molecule has 4 rings (SSSR count). The molecule has 0 unspecified atom stereocenters. The van der Waals surface area contributed by atoms with Crippen molar-refractivity contribution in [3.05, 3.63) is 70.4 Å². The summed E-state index contributed by atoms with van der Waals surface area (Å²) in [7, 11) is 0. The van der Waals surface area contributed by atoms with Crippen LogP contribution >= 0.6 is 11.3 Å². The van der Waals surface area contributed by atoms with Gasteiger partial charge >= 0.3 is 0 Å². The van der Waals surface area contributed by atoms with Gasteiger partial charge in [-0.3, -0.25) is 9.59 Å². The van der Waals surface area contributed by atoms with Crippen LogP contribution in [0.1, 0.15) is 39.9 Å². The molecule has 7 heteroatoms. The van der Waals surface area contributed by atoms with Gasteiger partial charge in [-0.2, -0.15) is 0 Å². The molecule has 1 saturated heterocycles. The molecular weight excluding hydrogens is 420 g/mol. The van der Waals surface area contributed by atoms with Gasteiger partial charge in [-0.1, -0.05) is 24.3 Å². The average molecular weight is 449 g/mol. The number of nitrogens with zero attached hydrogens (tertiary/aromatic N) is 3. The maximum absolute atomic E-state index is 13.4. The van der Waals surface area contributed by atoms with Crippen molar-refractivity contribution in [1.82, 2.24) is 20.2 Å². The van der Waals surface area contributed by atoms with Crippen LogP contribution in [-0.4, -0.2) is 46.3 Å². The van der Waals surface area contributed by atoms with Gasteiger partial charge in [-0.15, -0.1) is 11.3 Å². The van der Waals surface area contributed by atoms with Crippen LogP contribution in [-0.2, 0) is 11.2 Å². The zero-order valence-corrected chi connectivity index (χ0v) is 19.3. The van der Waals surface area contributed by atoms with Crippen LogP contribution in [0.5, 0.6) is 0 Å². The highest BCUT2D eigenvalue weighted by Gasteiger charge is 2.44. The third-order valence-electron chi connectivity index (χ3n) is 6.05. The maximum Gasteiger partial charge on any atom is 0.263 e. The van der Waals surface area contributed by atoms with Crippen molar-refractivity contribution in [3.8, 4) is 11.1 Å². The van der Waals surface area contributed by atoms with Gasteiger partial charge in [-0.05, 0) is 56.4 Å². The topological polar surface area (TPSA) is 75.2 Å². The van der Waals surface area contributed by atoms with E-state index in [9.17, 15) is 9.59 Å². The molecule has 166 valence electrons. The van der Waals surface area contributed by atoms with Crippen molar-refractivity contribution in [2.24, 2.45) is 5.41 Å². The number of hydrogen-bond acceptors (Lipinski definition) is 5. The monoisotopic (exact) mass is 448 g/mol. The van der Waals surface area contributed by atoms with E-state index in [4.69, 9.17) is 0 Å². The van der Waals surface area contributed by atoms with Gasteiger partial charge in [0.2, 0.25) is 5.91 Å². The Balaban J connectivity index is 1.67. The van der Waals surface area contributed by atoms with Crippen molar-refractivity contribution < 1.29 is 9.59 Å². The van der Waals surface area contributed by atoms with E-state index in [1.807, 2.05) is 49.1 Å². The molecule has 1 atom stereocenters. The fourth-order valence-electron chi connectivity index (χ4n) is 4.53. The van der Waals surface area contributed by atoms with Gasteiger partial charge in [0.05, 0.1) is 10.3 Å². The first-order valence-corrected chi connectivity index (χ1v) is 11.8. The fraction of sp³-hybridized carbons (Fsp3) is 0.360. The Bertz CT molecular complexity index is 1100. The lowest BCUT2D eigenvalue weighted by molar-refractivity contribution is -0.133. The summed E-state index contributed by atoms with van der Waals surface area (Å²) in [6.45, 7) is 5.58. The van der Waals surface area contributed by atoms with Crippen LogP contribution in [0, 0.1) is 12.3 Å². The Labute approximate surface area is 192 Å². The predicted molar refractivity (Wildman–Crippen MR) is 126 cm³/mol. The van der Waals surface area contributed by atoms with Crippen LogP contribution in [0.25, 0.3) is 11.1 Å².